The molecule has 2 unspecified atom stereocenters. The van der Waals surface area contributed by atoms with Crippen LogP contribution in [0.2, 0.25) is 0 Å². The van der Waals surface area contributed by atoms with Gasteiger partial charge in [0, 0.05) is 36.9 Å². The number of alkyl halides is 2. The highest BCUT2D eigenvalue weighted by Gasteiger charge is 2.59. The van der Waals surface area contributed by atoms with E-state index in [1.165, 1.54) is 30.6 Å². The van der Waals surface area contributed by atoms with E-state index in [-0.39, 0.29) is 24.2 Å². The number of anilines is 1. The lowest BCUT2D eigenvalue weighted by Gasteiger charge is -2.10. The van der Waals surface area contributed by atoms with Gasteiger partial charge in [0.15, 0.2) is 5.82 Å². The van der Waals surface area contributed by atoms with Gasteiger partial charge >= 0.3 is 6.03 Å². The van der Waals surface area contributed by atoms with E-state index < -0.39 is 35.9 Å². The lowest BCUT2D eigenvalue weighted by molar-refractivity contribution is -0.118. The van der Waals surface area contributed by atoms with Crippen molar-refractivity contribution < 1.29 is 22.8 Å². The van der Waals surface area contributed by atoms with Gasteiger partial charge in [-0.2, -0.15) is 9.49 Å². The maximum Gasteiger partial charge on any atom is 0.330 e. The minimum absolute atomic E-state index is 0.0423. The van der Waals surface area contributed by atoms with Crippen molar-refractivity contribution in [3.8, 4) is 0 Å². The van der Waals surface area contributed by atoms with Gasteiger partial charge < -0.3 is 5.32 Å². The van der Waals surface area contributed by atoms with Crippen LogP contribution in [-0.2, 0) is 11.2 Å². The number of carbonyl (C=O) groups excluding carboxylic acids is 2. The molecule has 2 aromatic heterocycles. The Labute approximate surface area is 139 Å². The molecule has 1 N–H and O–H groups in total. The second-order valence-corrected chi connectivity index (χ2v) is 5.97. The van der Waals surface area contributed by atoms with Crippen LogP contribution in [0.4, 0.5) is 23.8 Å². The number of pyridine rings is 1. The third kappa shape index (κ3) is 2.63. The number of amides is 3. The van der Waals surface area contributed by atoms with E-state index in [4.69, 9.17) is 0 Å². The molecule has 0 bridgehead atoms. The molecule has 3 heterocycles. The van der Waals surface area contributed by atoms with Crippen molar-refractivity contribution in [1.82, 2.24) is 20.1 Å². The van der Waals surface area contributed by atoms with Crippen molar-refractivity contribution in [2.75, 3.05) is 4.90 Å². The zero-order valence-corrected chi connectivity index (χ0v) is 12.7. The standard InChI is InChI=1S/C15H12F3N5O2/c16-12-8(2-1-4-19-12)6-9-13(24)23(14(25)20-9)11-3-5-22(21-11)10-7-15(10,17)18/h1-5,9-10H,6-7H2,(H,20,25). The van der Waals surface area contributed by atoms with Crippen LogP contribution in [0.1, 0.15) is 18.0 Å². The molecule has 0 spiro atoms. The van der Waals surface area contributed by atoms with Crippen LogP contribution in [0.5, 0.6) is 0 Å². The van der Waals surface area contributed by atoms with E-state index in [9.17, 15) is 22.8 Å². The average Bonchev–Trinajstić information content (AvgIpc) is 2.89. The number of imide groups is 1. The fraction of sp³-hybridized carbons (Fsp3) is 0.333. The zero-order valence-electron chi connectivity index (χ0n) is 12.7. The summed E-state index contributed by atoms with van der Waals surface area (Å²) in [7, 11) is 0. The molecule has 1 aliphatic carbocycles. The van der Waals surface area contributed by atoms with Gasteiger partial charge in [0.1, 0.15) is 12.1 Å². The number of aromatic nitrogens is 3. The molecule has 1 saturated heterocycles. The molecule has 2 aromatic rings. The summed E-state index contributed by atoms with van der Waals surface area (Å²) < 4.78 is 40.9. The molecule has 2 aliphatic rings. The predicted octanol–water partition coefficient (Wildman–Crippen LogP) is 1.66. The molecule has 7 nitrogen and oxygen atoms in total. The molecule has 3 amide bonds. The molecule has 1 aliphatic heterocycles. The van der Waals surface area contributed by atoms with Crippen molar-refractivity contribution in [2.45, 2.75) is 30.8 Å². The fourth-order valence-corrected chi connectivity index (χ4v) is 2.78. The first-order chi connectivity index (χ1) is 11.9. The van der Waals surface area contributed by atoms with Crippen molar-refractivity contribution in [3.63, 3.8) is 0 Å². The summed E-state index contributed by atoms with van der Waals surface area (Å²) in [5.41, 5.74) is 0.186. The lowest BCUT2D eigenvalue weighted by Crippen LogP contribution is -2.33. The van der Waals surface area contributed by atoms with Gasteiger partial charge in [-0.25, -0.2) is 23.5 Å². The Balaban J connectivity index is 1.53. The summed E-state index contributed by atoms with van der Waals surface area (Å²) >= 11 is 0. The van der Waals surface area contributed by atoms with Gasteiger partial charge in [0.05, 0.1) is 0 Å². The molecule has 0 radical (unpaired) electrons. The third-order valence-corrected chi connectivity index (χ3v) is 4.22. The molecular formula is C15H12F3N5O2. The Morgan fingerprint density at radius 2 is 2.08 bits per heavy atom. The Bertz CT molecular complexity index is 868. The minimum Gasteiger partial charge on any atom is -0.325 e. The van der Waals surface area contributed by atoms with E-state index in [1.807, 2.05) is 0 Å². The summed E-state index contributed by atoms with van der Waals surface area (Å²) in [4.78, 5) is 28.8. The average molecular weight is 351 g/mol. The molecule has 25 heavy (non-hydrogen) atoms. The molecule has 1 saturated carbocycles. The zero-order chi connectivity index (χ0) is 17.8. The second-order valence-electron chi connectivity index (χ2n) is 5.97. The Morgan fingerprint density at radius 1 is 1.32 bits per heavy atom. The summed E-state index contributed by atoms with van der Waals surface area (Å²) in [5, 5.41) is 6.35. The van der Waals surface area contributed by atoms with E-state index in [0.717, 1.165) is 9.58 Å². The number of hydrogen-bond donors (Lipinski definition) is 1. The number of urea groups is 1. The van der Waals surface area contributed by atoms with Crippen LogP contribution in [0.3, 0.4) is 0 Å². The van der Waals surface area contributed by atoms with E-state index >= 15 is 0 Å². The van der Waals surface area contributed by atoms with E-state index in [0.29, 0.717) is 0 Å². The van der Waals surface area contributed by atoms with Crippen LogP contribution in [-0.4, -0.2) is 38.7 Å². The first-order valence-electron chi connectivity index (χ1n) is 7.53. The van der Waals surface area contributed by atoms with Crippen LogP contribution in [0.25, 0.3) is 0 Å². The topological polar surface area (TPSA) is 80.1 Å². The number of nitrogens with zero attached hydrogens (tertiary/aromatic N) is 4. The quantitative estimate of drug-likeness (QED) is 0.671. The highest BCUT2D eigenvalue weighted by molar-refractivity contribution is 6.20. The number of rotatable bonds is 4. The van der Waals surface area contributed by atoms with Crippen molar-refractivity contribution in [2.24, 2.45) is 0 Å². The van der Waals surface area contributed by atoms with Gasteiger partial charge in [-0.1, -0.05) is 6.07 Å². The van der Waals surface area contributed by atoms with Gasteiger partial charge in [0.25, 0.3) is 11.8 Å². The Kier molecular flexibility index (Phi) is 3.31. The lowest BCUT2D eigenvalue weighted by atomic mass is 10.1. The number of halogens is 3. The highest BCUT2D eigenvalue weighted by atomic mass is 19.3. The fourth-order valence-electron chi connectivity index (χ4n) is 2.78. The van der Waals surface area contributed by atoms with Crippen molar-refractivity contribution in [1.29, 1.82) is 0 Å². The number of carbonyl (C=O) groups is 2. The molecule has 130 valence electrons. The molecule has 2 fully saturated rings. The molecular weight excluding hydrogens is 339 g/mol. The summed E-state index contributed by atoms with van der Waals surface area (Å²) in [6.07, 6.45) is 2.19. The monoisotopic (exact) mass is 351 g/mol. The highest BCUT2D eigenvalue weighted by Crippen LogP contribution is 2.52. The number of nitrogens with one attached hydrogen (secondary N) is 1. The van der Waals surface area contributed by atoms with Crippen molar-refractivity contribution in [3.05, 3.63) is 42.1 Å². The molecule has 10 heteroatoms. The predicted molar refractivity (Wildman–Crippen MR) is 78.5 cm³/mol. The third-order valence-electron chi connectivity index (χ3n) is 4.22. The van der Waals surface area contributed by atoms with Gasteiger partial charge in [-0.3, -0.25) is 9.48 Å². The van der Waals surface area contributed by atoms with Gasteiger partial charge in [0.2, 0.25) is 5.95 Å². The molecule has 4 rings (SSSR count). The molecule has 0 aromatic carbocycles. The minimum atomic E-state index is -2.82. The Hall–Kier alpha value is -2.91. The maximum absolute atomic E-state index is 13.6. The number of hydrogen-bond acceptors (Lipinski definition) is 4. The first kappa shape index (κ1) is 15.6. The first-order valence-corrected chi connectivity index (χ1v) is 7.53. The van der Waals surface area contributed by atoms with Crippen LogP contribution >= 0.6 is 0 Å². The maximum atomic E-state index is 13.6. The van der Waals surface area contributed by atoms with E-state index in [1.54, 1.807) is 0 Å². The van der Waals surface area contributed by atoms with Crippen molar-refractivity contribution >= 4 is 17.8 Å². The van der Waals surface area contributed by atoms with Gasteiger partial charge in [-0.05, 0) is 6.07 Å². The summed E-state index contributed by atoms with van der Waals surface area (Å²) in [5.74, 6) is -4.20. The van der Waals surface area contributed by atoms with Crippen LogP contribution in [0.15, 0.2) is 30.6 Å². The molecule has 2 atom stereocenters. The second kappa shape index (κ2) is 5.30. The SMILES string of the molecule is O=C1NC(Cc2cccnc2F)C(=O)N1c1ccn(C2CC2(F)F)n1. The summed E-state index contributed by atoms with van der Waals surface area (Å²) in [6.45, 7) is 0. The van der Waals surface area contributed by atoms with Gasteiger partial charge in [-0.15, -0.1) is 0 Å². The van der Waals surface area contributed by atoms with E-state index in [2.05, 4.69) is 15.4 Å². The largest absolute Gasteiger partial charge is 0.330 e. The van der Waals surface area contributed by atoms with Crippen LogP contribution < -0.4 is 10.2 Å². The summed E-state index contributed by atoms with van der Waals surface area (Å²) in [6, 6.07) is 1.55. The van der Waals surface area contributed by atoms with Crippen LogP contribution in [0, 0.1) is 5.95 Å². The normalized spacial score (nSPS) is 24.5. The Morgan fingerprint density at radius 3 is 2.76 bits per heavy atom. The smallest absolute Gasteiger partial charge is 0.325 e.